The Morgan fingerprint density at radius 3 is 2.50 bits per heavy atom. The lowest BCUT2D eigenvalue weighted by Crippen LogP contribution is -2.53. The molecule has 1 aliphatic heterocycles. The Bertz CT molecular complexity index is 1050. The molecular formula is C22H26FN3O3S. The maximum absolute atomic E-state index is 13.3. The molecule has 1 aliphatic carbocycles. The van der Waals surface area contributed by atoms with Gasteiger partial charge in [0.1, 0.15) is 5.82 Å². The topological polar surface area (TPSA) is 69.7 Å². The van der Waals surface area contributed by atoms with Crippen LogP contribution in [-0.4, -0.2) is 55.8 Å². The van der Waals surface area contributed by atoms with Crippen LogP contribution in [-0.2, 0) is 27.7 Å². The Morgan fingerprint density at radius 1 is 1.03 bits per heavy atom. The number of fused-ring (bicyclic) bond motifs is 1. The van der Waals surface area contributed by atoms with Crippen molar-refractivity contribution in [2.45, 2.75) is 37.1 Å². The van der Waals surface area contributed by atoms with Crippen molar-refractivity contribution in [3.63, 3.8) is 0 Å². The van der Waals surface area contributed by atoms with Crippen molar-refractivity contribution in [1.82, 2.24) is 9.21 Å². The molecule has 6 nitrogen and oxygen atoms in total. The zero-order valence-corrected chi connectivity index (χ0v) is 17.8. The van der Waals surface area contributed by atoms with E-state index in [2.05, 4.69) is 5.32 Å². The number of benzene rings is 2. The molecule has 160 valence electrons. The second-order valence-electron chi connectivity index (χ2n) is 7.90. The van der Waals surface area contributed by atoms with Crippen LogP contribution < -0.4 is 5.32 Å². The van der Waals surface area contributed by atoms with Gasteiger partial charge in [0, 0.05) is 31.9 Å². The van der Waals surface area contributed by atoms with Crippen LogP contribution >= 0.6 is 0 Å². The Hall–Kier alpha value is -2.29. The van der Waals surface area contributed by atoms with E-state index in [0.29, 0.717) is 36.8 Å². The van der Waals surface area contributed by atoms with Gasteiger partial charge in [0.05, 0.1) is 10.9 Å². The van der Waals surface area contributed by atoms with E-state index in [1.807, 2.05) is 17.0 Å². The Balaban J connectivity index is 1.37. The molecule has 2 aromatic rings. The summed E-state index contributed by atoms with van der Waals surface area (Å²) in [4.78, 5) is 14.8. The first kappa shape index (κ1) is 21.0. The maximum atomic E-state index is 13.3. The lowest BCUT2D eigenvalue weighted by Gasteiger charge is -2.36. The van der Waals surface area contributed by atoms with Crippen molar-refractivity contribution in [2.24, 2.45) is 0 Å². The number of aryl methyl sites for hydroxylation is 2. The van der Waals surface area contributed by atoms with Crippen LogP contribution in [0.15, 0.2) is 47.4 Å². The highest BCUT2D eigenvalue weighted by atomic mass is 32.2. The minimum absolute atomic E-state index is 0.240. The van der Waals surface area contributed by atoms with Crippen molar-refractivity contribution in [1.29, 1.82) is 0 Å². The highest BCUT2D eigenvalue weighted by Crippen LogP contribution is 2.27. The zero-order chi connectivity index (χ0) is 21.3. The zero-order valence-electron chi connectivity index (χ0n) is 17.0. The van der Waals surface area contributed by atoms with E-state index in [1.165, 1.54) is 28.1 Å². The monoisotopic (exact) mass is 431 g/mol. The Kier molecular flexibility index (Phi) is 5.90. The number of nitrogens with one attached hydrogen (secondary N) is 1. The van der Waals surface area contributed by atoms with Gasteiger partial charge in [0.15, 0.2) is 0 Å². The average Bonchev–Trinajstić information content (AvgIpc) is 3.21. The summed E-state index contributed by atoms with van der Waals surface area (Å²) in [5.74, 6) is -0.652. The number of carbonyl (C=O) groups is 1. The quantitative estimate of drug-likeness (QED) is 0.790. The van der Waals surface area contributed by atoms with Crippen LogP contribution in [0.4, 0.5) is 10.1 Å². The summed E-state index contributed by atoms with van der Waals surface area (Å²) < 4.78 is 40.9. The van der Waals surface area contributed by atoms with Gasteiger partial charge < -0.3 is 5.32 Å². The van der Waals surface area contributed by atoms with Crippen LogP contribution in [0.3, 0.4) is 0 Å². The SMILES string of the molecule is C[C@@H](C(=O)Nc1cccc(F)c1)N1CCN(S(=O)(=O)c2ccc3c(c2)CCC3)CC1. The summed E-state index contributed by atoms with van der Waals surface area (Å²) in [5, 5.41) is 2.72. The van der Waals surface area contributed by atoms with Crippen LogP contribution in [0.25, 0.3) is 0 Å². The third-order valence-corrected chi connectivity index (χ3v) is 7.89. The van der Waals surface area contributed by atoms with Crippen molar-refractivity contribution in [3.8, 4) is 0 Å². The van der Waals surface area contributed by atoms with E-state index >= 15 is 0 Å². The molecular weight excluding hydrogens is 405 g/mol. The highest BCUT2D eigenvalue weighted by molar-refractivity contribution is 7.89. The fourth-order valence-corrected chi connectivity index (χ4v) is 5.64. The second kappa shape index (κ2) is 8.45. The molecule has 2 aliphatic rings. The van der Waals surface area contributed by atoms with Gasteiger partial charge in [-0.2, -0.15) is 4.31 Å². The molecule has 0 radical (unpaired) electrons. The predicted octanol–water partition coefficient (Wildman–Crippen LogP) is 2.65. The molecule has 1 N–H and O–H groups in total. The molecule has 8 heteroatoms. The van der Waals surface area contributed by atoms with Crippen LogP contribution in [0.2, 0.25) is 0 Å². The molecule has 1 heterocycles. The number of halogens is 1. The number of amides is 1. The number of hydrogen-bond acceptors (Lipinski definition) is 4. The summed E-state index contributed by atoms with van der Waals surface area (Å²) in [6, 6.07) is 10.8. The molecule has 30 heavy (non-hydrogen) atoms. The summed E-state index contributed by atoms with van der Waals surface area (Å²) in [6.45, 7) is 3.36. The minimum Gasteiger partial charge on any atom is -0.325 e. The first-order valence-electron chi connectivity index (χ1n) is 10.3. The Labute approximate surface area is 176 Å². The fraction of sp³-hybridized carbons (Fsp3) is 0.409. The van der Waals surface area contributed by atoms with E-state index in [1.54, 1.807) is 19.1 Å². The molecule has 0 saturated carbocycles. The van der Waals surface area contributed by atoms with Crippen LogP contribution in [0.1, 0.15) is 24.5 Å². The molecule has 1 fully saturated rings. The van der Waals surface area contributed by atoms with Gasteiger partial charge in [-0.25, -0.2) is 12.8 Å². The third-order valence-electron chi connectivity index (χ3n) is 6.00. The summed E-state index contributed by atoms with van der Waals surface area (Å²) in [5.41, 5.74) is 2.79. The number of carbonyl (C=O) groups excluding carboxylic acids is 1. The van der Waals surface area contributed by atoms with E-state index in [9.17, 15) is 17.6 Å². The first-order chi connectivity index (χ1) is 14.3. The van der Waals surface area contributed by atoms with Crippen molar-refractivity contribution >= 4 is 21.6 Å². The average molecular weight is 432 g/mol. The molecule has 0 aromatic heterocycles. The molecule has 0 spiro atoms. The van der Waals surface area contributed by atoms with Gasteiger partial charge in [-0.3, -0.25) is 9.69 Å². The summed E-state index contributed by atoms with van der Waals surface area (Å²) in [6.07, 6.45) is 3.03. The van der Waals surface area contributed by atoms with Crippen LogP contribution in [0, 0.1) is 5.82 Å². The number of hydrogen-bond donors (Lipinski definition) is 1. The van der Waals surface area contributed by atoms with Gasteiger partial charge in [-0.15, -0.1) is 0 Å². The lowest BCUT2D eigenvalue weighted by molar-refractivity contribution is -0.121. The predicted molar refractivity (Wildman–Crippen MR) is 113 cm³/mol. The minimum atomic E-state index is -3.54. The van der Waals surface area contributed by atoms with Gasteiger partial charge in [0.2, 0.25) is 15.9 Å². The van der Waals surface area contributed by atoms with Crippen molar-refractivity contribution < 1.29 is 17.6 Å². The number of nitrogens with zero attached hydrogens (tertiary/aromatic N) is 2. The standard InChI is InChI=1S/C22H26FN3O3S/c1-16(22(27)24-20-7-3-6-19(23)15-20)25-10-12-26(13-11-25)30(28,29)21-9-8-17-4-2-5-18(17)14-21/h3,6-9,14-16H,2,4-5,10-13H2,1H3,(H,24,27)/t16-/m0/s1. The molecule has 0 bridgehead atoms. The number of piperazine rings is 1. The van der Waals surface area contributed by atoms with Crippen LogP contribution in [0.5, 0.6) is 0 Å². The van der Waals surface area contributed by atoms with Gasteiger partial charge in [-0.1, -0.05) is 12.1 Å². The Morgan fingerprint density at radius 2 is 1.77 bits per heavy atom. The van der Waals surface area contributed by atoms with Gasteiger partial charge >= 0.3 is 0 Å². The van der Waals surface area contributed by atoms with E-state index in [0.717, 1.165) is 24.8 Å². The van der Waals surface area contributed by atoms with E-state index in [-0.39, 0.29) is 5.91 Å². The maximum Gasteiger partial charge on any atom is 0.243 e. The van der Waals surface area contributed by atoms with E-state index < -0.39 is 21.9 Å². The van der Waals surface area contributed by atoms with E-state index in [4.69, 9.17) is 0 Å². The van der Waals surface area contributed by atoms with Gasteiger partial charge in [-0.05, 0) is 67.6 Å². The third kappa shape index (κ3) is 4.26. The highest BCUT2D eigenvalue weighted by Gasteiger charge is 2.32. The molecule has 1 amide bonds. The molecule has 4 rings (SSSR count). The fourth-order valence-electron chi connectivity index (χ4n) is 4.17. The molecule has 1 saturated heterocycles. The summed E-state index contributed by atoms with van der Waals surface area (Å²) in [7, 11) is -3.54. The van der Waals surface area contributed by atoms with Crippen molar-refractivity contribution in [2.75, 3.05) is 31.5 Å². The van der Waals surface area contributed by atoms with Gasteiger partial charge in [0.25, 0.3) is 0 Å². The largest absolute Gasteiger partial charge is 0.325 e. The second-order valence-corrected chi connectivity index (χ2v) is 9.84. The normalized spacial score (nSPS) is 18.7. The number of sulfonamides is 1. The lowest BCUT2D eigenvalue weighted by atomic mass is 10.1. The molecule has 0 unspecified atom stereocenters. The molecule has 2 aromatic carbocycles. The smallest absolute Gasteiger partial charge is 0.243 e. The first-order valence-corrected chi connectivity index (χ1v) is 11.7. The number of rotatable bonds is 5. The summed E-state index contributed by atoms with van der Waals surface area (Å²) >= 11 is 0. The molecule has 1 atom stereocenters. The van der Waals surface area contributed by atoms with Crippen molar-refractivity contribution in [3.05, 3.63) is 59.4 Å². The number of anilines is 1.